The predicted molar refractivity (Wildman–Crippen MR) is 54.2 cm³/mol. The van der Waals surface area contributed by atoms with Gasteiger partial charge in [-0.3, -0.25) is 0 Å². The normalized spacial score (nSPS) is 14.1. The molecular weight excluding hydrogens is 181 g/mol. The van der Waals surface area contributed by atoms with Gasteiger partial charge in [-0.2, -0.15) is 0 Å². The largest absolute Gasteiger partial charge is 0.390 e. The molecule has 1 aromatic rings. The van der Waals surface area contributed by atoms with E-state index < -0.39 is 5.60 Å². The lowest BCUT2D eigenvalue weighted by Crippen LogP contribution is -2.26. The Morgan fingerprint density at radius 2 is 1.86 bits per heavy atom. The molecule has 1 unspecified atom stereocenters. The Labute approximate surface area is 83.6 Å². The molecule has 2 nitrogen and oxygen atoms in total. The van der Waals surface area contributed by atoms with Crippen LogP contribution in [0.3, 0.4) is 0 Å². The van der Waals surface area contributed by atoms with E-state index in [-0.39, 0.29) is 11.9 Å². The second-order valence-corrected chi connectivity index (χ2v) is 4.17. The van der Waals surface area contributed by atoms with Gasteiger partial charge in [0.15, 0.2) is 0 Å². The zero-order valence-corrected chi connectivity index (χ0v) is 8.50. The van der Waals surface area contributed by atoms with Gasteiger partial charge in [0.25, 0.3) is 0 Å². The fourth-order valence-corrected chi connectivity index (χ4v) is 1.37. The standard InChI is InChI=1S/C11H16FNO/c1-11(2,14)7-10(13)8-3-5-9(12)6-4-8/h3-6,10,14H,7,13H2,1-2H3. The number of halogens is 1. The highest BCUT2D eigenvalue weighted by Crippen LogP contribution is 2.21. The second kappa shape index (κ2) is 4.07. The van der Waals surface area contributed by atoms with E-state index in [0.717, 1.165) is 5.56 Å². The van der Waals surface area contributed by atoms with Crippen LogP contribution in [0.25, 0.3) is 0 Å². The maximum absolute atomic E-state index is 12.6. The lowest BCUT2D eigenvalue weighted by atomic mass is 9.95. The highest BCUT2D eigenvalue weighted by molar-refractivity contribution is 5.19. The number of rotatable bonds is 3. The molecule has 3 N–H and O–H groups in total. The molecule has 3 heteroatoms. The molecule has 14 heavy (non-hydrogen) atoms. The van der Waals surface area contributed by atoms with Crippen LogP contribution in [-0.4, -0.2) is 10.7 Å². The Balaban J connectivity index is 2.70. The van der Waals surface area contributed by atoms with Crippen molar-refractivity contribution in [2.45, 2.75) is 31.9 Å². The van der Waals surface area contributed by atoms with Crippen LogP contribution in [0, 0.1) is 5.82 Å². The molecular formula is C11H16FNO. The molecule has 78 valence electrons. The molecule has 0 aliphatic rings. The highest BCUT2D eigenvalue weighted by Gasteiger charge is 2.18. The van der Waals surface area contributed by atoms with Crippen LogP contribution in [-0.2, 0) is 0 Å². The minimum Gasteiger partial charge on any atom is -0.390 e. The number of benzene rings is 1. The van der Waals surface area contributed by atoms with E-state index >= 15 is 0 Å². The van der Waals surface area contributed by atoms with Crippen LogP contribution in [0.1, 0.15) is 31.9 Å². The van der Waals surface area contributed by atoms with Crippen molar-refractivity contribution in [3.05, 3.63) is 35.6 Å². The third-order valence-corrected chi connectivity index (χ3v) is 2.02. The summed E-state index contributed by atoms with van der Waals surface area (Å²) in [7, 11) is 0. The van der Waals surface area contributed by atoms with Crippen molar-refractivity contribution >= 4 is 0 Å². The predicted octanol–water partition coefficient (Wildman–Crippen LogP) is 1.99. The van der Waals surface area contributed by atoms with Crippen LogP contribution < -0.4 is 5.73 Å². The minimum atomic E-state index is -0.798. The van der Waals surface area contributed by atoms with E-state index in [1.54, 1.807) is 26.0 Å². The van der Waals surface area contributed by atoms with E-state index in [2.05, 4.69) is 0 Å². The lowest BCUT2D eigenvalue weighted by molar-refractivity contribution is 0.0635. The molecule has 0 aliphatic heterocycles. The molecule has 0 radical (unpaired) electrons. The van der Waals surface area contributed by atoms with Crippen LogP contribution in [0.15, 0.2) is 24.3 Å². The molecule has 0 amide bonds. The summed E-state index contributed by atoms with van der Waals surface area (Å²) < 4.78 is 12.6. The SMILES string of the molecule is CC(C)(O)CC(N)c1ccc(F)cc1. The van der Waals surface area contributed by atoms with Crippen LogP contribution in [0.2, 0.25) is 0 Å². The summed E-state index contributed by atoms with van der Waals surface area (Å²) in [6.07, 6.45) is 0.457. The Morgan fingerprint density at radius 3 is 2.29 bits per heavy atom. The third-order valence-electron chi connectivity index (χ3n) is 2.02. The first kappa shape index (κ1) is 11.1. The van der Waals surface area contributed by atoms with E-state index in [1.807, 2.05) is 0 Å². The first-order valence-corrected chi connectivity index (χ1v) is 4.62. The molecule has 0 spiro atoms. The lowest BCUT2D eigenvalue weighted by Gasteiger charge is -2.22. The molecule has 0 bridgehead atoms. The van der Waals surface area contributed by atoms with Crippen molar-refractivity contribution in [3.8, 4) is 0 Å². The maximum atomic E-state index is 12.6. The minimum absolute atomic E-state index is 0.254. The summed E-state index contributed by atoms with van der Waals surface area (Å²) in [4.78, 5) is 0. The van der Waals surface area contributed by atoms with Gasteiger partial charge >= 0.3 is 0 Å². The van der Waals surface area contributed by atoms with Crippen molar-refractivity contribution in [2.24, 2.45) is 5.73 Å². The van der Waals surface area contributed by atoms with Crippen molar-refractivity contribution < 1.29 is 9.50 Å². The van der Waals surface area contributed by atoms with Gasteiger partial charge in [0.05, 0.1) is 5.60 Å². The summed E-state index contributed by atoms with van der Waals surface area (Å²) in [6.45, 7) is 3.41. The molecule has 0 aliphatic carbocycles. The first-order valence-electron chi connectivity index (χ1n) is 4.62. The van der Waals surface area contributed by atoms with Gasteiger partial charge in [0.2, 0.25) is 0 Å². The highest BCUT2D eigenvalue weighted by atomic mass is 19.1. The number of hydrogen-bond donors (Lipinski definition) is 2. The van der Waals surface area contributed by atoms with Gasteiger partial charge in [-0.15, -0.1) is 0 Å². The maximum Gasteiger partial charge on any atom is 0.123 e. The molecule has 0 aromatic heterocycles. The Morgan fingerprint density at radius 1 is 1.36 bits per heavy atom. The van der Waals surface area contributed by atoms with Gasteiger partial charge in [0, 0.05) is 6.04 Å². The topological polar surface area (TPSA) is 46.2 Å². The fraction of sp³-hybridized carbons (Fsp3) is 0.455. The molecule has 1 atom stereocenters. The van der Waals surface area contributed by atoms with Gasteiger partial charge in [-0.25, -0.2) is 4.39 Å². The quantitative estimate of drug-likeness (QED) is 0.778. The Kier molecular flexibility index (Phi) is 3.24. The first-order chi connectivity index (χ1) is 6.38. The third kappa shape index (κ3) is 3.44. The van der Waals surface area contributed by atoms with E-state index in [9.17, 15) is 9.50 Å². The van der Waals surface area contributed by atoms with E-state index in [0.29, 0.717) is 6.42 Å². The number of hydrogen-bond acceptors (Lipinski definition) is 2. The Bertz CT molecular complexity index is 289. The van der Waals surface area contributed by atoms with Crippen LogP contribution in [0.5, 0.6) is 0 Å². The molecule has 1 rings (SSSR count). The number of aliphatic hydroxyl groups is 1. The summed E-state index contributed by atoms with van der Waals surface area (Å²) in [5.74, 6) is -0.274. The zero-order chi connectivity index (χ0) is 10.8. The van der Waals surface area contributed by atoms with Crippen LogP contribution >= 0.6 is 0 Å². The van der Waals surface area contributed by atoms with Gasteiger partial charge < -0.3 is 10.8 Å². The van der Waals surface area contributed by atoms with Crippen LogP contribution in [0.4, 0.5) is 4.39 Å². The summed E-state index contributed by atoms with van der Waals surface area (Å²) in [5, 5.41) is 9.55. The van der Waals surface area contributed by atoms with Crippen molar-refractivity contribution in [1.82, 2.24) is 0 Å². The molecule has 0 fully saturated rings. The van der Waals surface area contributed by atoms with Gasteiger partial charge in [-0.05, 0) is 38.0 Å². The molecule has 0 saturated heterocycles. The monoisotopic (exact) mass is 197 g/mol. The van der Waals surface area contributed by atoms with Gasteiger partial charge in [-0.1, -0.05) is 12.1 Å². The summed E-state index contributed by atoms with van der Waals surface area (Å²) >= 11 is 0. The molecule has 0 heterocycles. The van der Waals surface area contributed by atoms with Crippen molar-refractivity contribution in [2.75, 3.05) is 0 Å². The average molecular weight is 197 g/mol. The zero-order valence-electron chi connectivity index (χ0n) is 8.50. The Hall–Kier alpha value is -0.930. The smallest absolute Gasteiger partial charge is 0.123 e. The second-order valence-electron chi connectivity index (χ2n) is 4.17. The summed E-state index contributed by atoms with van der Waals surface area (Å²) in [5.41, 5.74) is 5.89. The van der Waals surface area contributed by atoms with E-state index in [4.69, 9.17) is 5.73 Å². The molecule has 1 aromatic carbocycles. The summed E-state index contributed by atoms with van der Waals surface area (Å²) in [6, 6.07) is 5.78. The van der Waals surface area contributed by atoms with Crippen molar-refractivity contribution in [3.63, 3.8) is 0 Å². The average Bonchev–Trinajstić information content (AvgIpc) is 2.02. The number of nitrogens with two attached hydrogens (primary N) is 1. The molecule has 0 saturated carbocycles. The van der Waals surface area contributed by atoms with Gasteiger partial charge in [0.1, 0.15) is 5.82 Å². The van der Waals surface area contributed by atoms with Crippen molar-refractivity contribution in [1.29, 1.82) is 0 Å². The van der Waals surface area contributed by atoms with E-state index in [1.165, 1.54) is 12.1 Å². The fourth-order valence-electron chi connectivity index (χ4n) is 1.37.